The highest BCUT2D eigenvalue weighted by atomic mass is 35.5. The molecule has 0 N–H and O–H groups in total. The molecule has 0 aliphatic carbocycles. The molecule has 5 atom stereocenters. The summed E-state index contributed by atoms with van der Waals surface area (Å²) < 4.78 is 51.3. The zero-order chi connectivity index (χ0) is 38.1. The fraction of sp³-hybridized carbons (Fsp3) is 0.281. The van der Waals surface area contributed by atoms with E-state index in [0.717, 1.165) is 30.8 Å². The highest BCUT2D eigenvalue weighted by Crippen LogP contribution is 2.42. The van der Waals surface area contributed by atoms with Crippen molar-refractivity contribution in [3.63, 3.8) is 0 Å². The molecular formula is C32H25Cl2F2N7O7S2. The summed E-state index contributed by atoms with van der Waals surface area (Å²) in [6, 6.07) is 8.80. The lowest BCUT2D eigenvalue weighted by Crippen LogP contribution is -2.57. The van der Waals surface area contributed by atoms with Gasteiger partial charge in [-0.3, -0.25) is 14.4 Å². The van der Waals surface area contributed by atoms with Gasteiger partial charge in [0.1, 0.15) is 42.0 Å². The smallest absolute Gasteiger partial charge is 0.303 e. The van der Waals surface area contributed by atoms with E-state index in [1.807, 2.05) is 12.1 Å². The molecule has 3 aromatic heterocycles. The number of ether oxygens (including phenoxy) is 4. The summed E-state index contributed by atoms with van der Waals surface area (Å²) in [6.45, 7) is 3.15. The zero-order valence-electron chi connectivity index (χ0n) is 27.1. The molecule has 0 saturated carbocycles. The molecule has 1 fully saturated rings. The van der Waals surface area contributed by atoms with Gasteiger partial charge in [-0.1, -0.05) is 40.2 Å². The predicted molar refractivity (Wildman–Crippen MR) is 182 cm³/mol. The summed E-state index contributed by atoms with van der Waals surface area (Å²) in [6.07, 6.45) is 0.691. The maximum Gasteiger partial charge on any atom is 0.303 e. The largest absolute Gasteiger partial charge is 0.463 e. The summed E-state index contributed by atoms with van der Waals surface area (Å²) in [7, 11) is 0. The van der Waals surface area contributed by atoms with Gasteiger partial charge >= 0.3 is 17.9 Å². The van der Waals surface area contributed by atoms with E-state index in [1.54, 1.807) is 6.07 Å². The predicted octanol–water partition coefficient (Wildman–Crippen LogP) is 5.52. The van der Waals surface area contributed by atoms with Crippen LogP contribution in [0.15, 0.2) is 58.7 Å². The maximum atomic E-state index is 13.9. The molecule has 5 rings (SSSR count). The Morgan fingerprint density at radius 2 is 1.58 bits per heavy atom. The van der Waals surface area contributed by atoms with Gasteiger partial charge in [-0.05, 0) is 30.3 Å². The molecule has 14 nitrogen and oxygen atoms in total. The molecule has 270 valence electrons. The van der Waals surface area contributed by atoms with Crippen LogP contribution in [0.2, 0.25) is 10.0 Å². The van der Waals surface area contributed by atoms with Gasteiger partial charge in [-0.25, -0.2) is 23.4 Å². The van der Waals surface area contributed by atoms with E-state index in [2.05, 4.69) is 32.9 Å². The van der Waals surface area contributed by atoms with Gasteiger partial charge in [0.25, 0.3) is 0 Å². The molecule has 1 saturated heterocycles. The molecule has 0 radical (unpaired) electrons. The number of aromatic nitrogens is 5. The summed E-state index contributed by atoms with van der Waals surface area (Å²) in [5.41, 5.74) is -0.490. The normalized spacial score (nSPS) is 19.2. The summed E-state index contributed by atoms with van der Waals surface area (Å²) in [5.74, 6) is -4.22. The topological polar surface area (TPSA) is 192 Å². The number of rotatable bonds is 8. The number of halogens is 4. The van der Waals surface area contributed by atoms with E-state index < -0.39 is 59.3 Å². The number of nitrogens with zero attached hydrogens (tertiary/aromatic N) is 7. The fourth-order valence-corrected chi connectivity index (χ4v) is 6.56. The number of benzene rings is 1. The Morgan fingerprint density at radius 3 is 2.15 bits per heavy atom. The average Bonchev–Trinajstić information content (AvgIpc) is 3.56. The van der Waals surface area contributed by atoms with Crippen molar-refractivity contribution in [3.05, 3.63) is 82.0 Å². The van der Waals surface area contributed by atoms with Gasteiger partial charge in [0.15, 0.2) is 35.2 Å². The second-order valence-electron chi connectivity index (χ2n) is 10.6. The number of thiol groups is 1. The number of pyridine rings is 2. The molecule has 4 aromatic rings. The van der Waals surface area contributed by atoms with Crippen molar-refractivity contribution in [2.24, 2.45) is 0 Å². The van der Waals surface area contributed by atoms with Crippen LogP contribution in [-0.2, 0) is 33.3 Å². The number of carbonyl (C=O) groups is 3. The summed E-state index contributed by atoms with van der Waals surface area (Å²) in [5, 5.41) is 26.1. The van der Waals surface area contributed by atoms with Crippen LogP contribution in [0, 0.1) is 34.3 Å². The Morgan fingerprint density at radius 1 is 0.942 bits per heavy atom. The van der Waals surface area contributed by atoms with Gasteiger partial charge in [0, 0.05) is 48.5 Å². The number of thioether (sulfide) groups is 1. The van der Waals surface area contributed by atoms with Gasteiger partial charge < -0.3 is 18.9 Å². The van der Waals surface area contributed by atoms with Crippen molar-refractivity contribution in [2.75, 3.05) is 6.61 Å². The number of esters is 3. The van der Waals surface area contributed by atoms with Crippen molar-refractivity contribution in [2.45, 2.75) is 60.4 Å². The van der Waals surface area contributed by atoms with Gasteiger partial charge in [0.05, 0.1) is 16.2 Å². The van der Waals surface area contributed by atoms with Crippen LogP contribution >= 0.6 is 47.6 Å². The molecule has 1 aliphatic rings. The first kappa shape index (κ1) is 39.9. The van der Waals surface area contributed by atoms with E-state index in [9.17, 15) is 23.2 Å². The molecule has 1 aromatic carbocycles. The van der Waals surface area contributed by atoms with Gasteiger partial charge in [0.2, 0.25) is 0 Å². The third-order valence-electron chi connectivity index (χ3n) is 6.81. The van der Waals surface area contributed by atoms with Crippen molar-refractivity contribution in [1.29, 1.82) is 10.5 Å². The molecule has 20 heteroatoms. The van der Waals surface area contributed by atoms with Crippen LogP contribution in [0.3, 0.4) is 0 Å². The van der Waals surface area contributed by atoms with Crippen molar-refractivity contribution < 1.29 is 42.1 Å². The SMILES string of the molecule is CC(=O)OC[C@H]1O[C@H](Sc2cnc(C#N)c(Cl)c2)[C@H](OC(C)=O)[C@@H](n2cc(-c3ccc(F)c(F)c3)nn2)[C@H]1OC(C)=O.N#Cc1ncc(S)cc1Cl. The van der Waals surface area contributed by atoms with Gasteiger partial charge in [-0.2, -0.15) is 10.5 Å². The standard InChI is InChI=1S/C26H22ClF2N5O7S.C6H3ClN2S/c1-12(35)38-11-22-24(39-13(2)36)23(34-10-21(32-33-34)15-4-5-18(28)19(29)6-15)25(40-14(3)37)26(41-22)42-16-7-17(27)20(8-30)31-9-16;7-5-1-4(10)3-9-6(5)2-8/h4-7,9-10,22-26H,11H2,1-3H3;1,3,10H/t22-,23+,24+,25-,26-;/m1./s1. The number of carbonyl (C=O) groups excluding carboxylic acids is 3. The minimum absolute atomic E-state index is 0.00461. The van der Waals surface area contributed by atoms with Crippen molar-refractivity contribution in [3.8, 4) is 23.4 Å². The Hall–Kier alpha value is -4.85. The minimum Gasteiger partial charge on any atom is -0.463 e. The quantitative estimate of drug-likeness (QED) is 0.133. The Kier molecular flexibility index (Phi) is 13.9. The zero-order valence-corrected chi connectivity index (χ0v) is 30.3. The lowest BCUT2D eigenvalue weighted by atomic mass is 9.96. The van der Waals surface area contributed by atoms with Crippen LogP contribution in [0.1, 0.15) is 38.2 Å². The number of hydrogen-bond donors (Lipinski definition) is 1. The second kappa shape index (κ2) is 18.1. The van der Waals surface area contributed by atoms with Crippen LogP contribution < -0.4 is 0 Å². The molecule has 0 bridgehead atoms. The fourth-order valence-electron chi connectivity index (χ4n) is 4.70. The number of nitriles is 2. The second-order valence-corrected chi connectivity index (χ2v) is 13.1. The van der Waals surface area contributed by atoms with Gasteiger partial charge in [-0.15, -0.1) is 17.7 Å². The lowest BCUT2D eigenvalue weighted by Gasteiger charge is -2.44. The van der Waals surface area contributed by atoms with E-state index in [0.29, 0.717) is 14.8 Å². The molecular weight excluding hydrogens is 767 g/mol. The highest BCUT2D eigenvalue weighted by molar-refractivity contribution is 7.99. The number of hydrogen-bond acceptors (Lipinski definition) is 15. The maximum absolute atomic E-state index is 13.9. The monoisotopic (exact) mass is 791 g/mol. The summed E-state index contributed by atoms with van der Waals surface area (Å²) >= 11 is 16.8. The van der Waals surface area contributed by atoms with Crippen LogP contribution in [0.4, 0.5) is 8.78 Å². The highest BCUT2D eigenvalue weighted by Gasteiger charge is 2.52. The van der Waals surface area contributed by atoms with E-state index >= 15 is 0 Å². The van der Waals surface area contributed by atoms with Crippen molar-refractivity contribution in [1.82, 2.24) is 25.0 Å². The van der Waals surface area contributed by atoms with E-state index in [4.69, 9.17) is 52.7 Å². The average molecular weight is 793 g/mol. The first-order chi connectivity index (χ1) is 24.7. The van der Waals surface area contributed by atoms with Crippen LogP contribution in [0.5, 0.6) is 0 Å². The van der Waals surface area contributed by atoms with E-state index in [1.165, 1.54) is 49.3 Å². The Balaban J connectivity index is 0.000000521. The Labute approximate surface area is 314 Å². The van der Waals surface area contributed by atoms with Crippen LogP contribution in [0.25, 0.3) is 11.3 Å². The molecule has 1 aliphatic heterocycles. The lowest BCUT2D eigenvalue weighted by molar-refractivity contribution is -0.212. The van der Waals surface area contributed by atoms with Crippen molar-refractivity contribution >= 4 is 65.5 Å². The molecule has 0 amide bonds. The molecule has 52 heavy (non-hydrogen) atoms. The first-order valence-corrected chi connectivity index (χ1v) is 16.8. The third kappa shape index (κ3) is 10.4. The minimum atomic E-state index is -1.23. The third-order valence-corrected chi connectivity index (χ3v) is 8.74. The molecule has 4 heterocycles. The molecule has 0 spiro atoms. The van der Waals surface area contributed by atoms with Crippen LogP contribution in [-0.4, -0.2) is 73.2 Å². The Bertz CT molecular complexity index is 2060. The molecule has 0 unspecified atom stereocenters. The van der Waals surface area contributed by atoms with E-state index in [-0.39, 0.29) is 34.3 Å². The summed E-state index contributed by atoms with van der Waals surface area (Å²) in [4.78, 5) is 45.0. The first-order valence-electron chi connectivity index (χ1n) is 14.7.